The summed E-state index contributed by atoms with van der Waals surface area (Å²) in [4.78, 5) is 28.6. The van der Waals surface area contributed by atoms with E-state index in [0.717, 1.165) is 57.5 Å². The molecule has 0 unspecified atom stereocenters. The van der Waals surface area contributed by atoms with Crippen molar-refractivity contribution in [1.29, 1.82) is 5.26 Å². The number of amides is 1. The predicted octanol–water partition coefficient (Wildman–Crippen LogP) is 3.17. The van der Waals surface area contributed by atoms with Crippen molar-refractivity contribution in [2.45, 2.75) is 31.7 Å². The second-order valence-electron chi connectivity index (χ2n) is 10.6. The number of nitrogens with one attached hydrogen (secondary N) is 3. The van der Waals surface area contributed by atoms with Crippen molar-refractivity contribution in [3.63, 3.8) is 0 Å². The molecule has 1 saturated carbocycles. The lowest BCUT2D eigenvalue weighted by Gasteiger charge is -2.54. The lowest BCUT2D eigenvalue weighted by atomic mass is 9.72. The van der Waals surface area contributed by atoms with E-state index in [0.29, 0.717) is 40.3 Å². The number of carbonyl (C=O) groups is 1. The van der Waals surface area contributed by atoms with Crippen molar-refractivity contribution >= 4 is 52.1 Å². The molecule has 200 valence electrons. The number of imidazole rings is 1. The Hall–Kier alpha value is -4.13. The molecule has 2 aliphatic heterocycles. The number of aromatic nitrogens is 4. The minimum atomic E-state index is 0.0411. The monoisotopic (exact) mass is 545 g/mol. The summed E-state index contributed by atoms with van der Waals surface area (Å²) in [5.41, 5.74) is 2.50. The molecule has 2 saturated heterocycles. The molecule has 1 amide bonds. The fourth-order valence-electron chi connectivity index (χ4n) is 5.47. The van der Waals surface area contributed by atoms with Crippen molar-refractivity contribution in [3.8, 4) is 6.07 Å². The Bertz CT molecular complexity index is 1520. The van der Waals surface area contributed by atoms with Crippen LogP contribution in [0.1, 0.15) is 31.2 Å². The zero-order chi connectivity index (χ0) is 27.1. The number of likely N-dealkylation sites (tertiary alicyclic amines) is 1. The molecule has 13 heteroatoms. The zero-order valence-electron chi connectivity index (χ0n) is 21.5. The molecule has 1 spiro atoms. The van der Waals surface area contributed by atoms with E-state index in [4.69, 9.17) is 18.2 Å². The first-order valence-electron chi connectivity index (χ1n) is 13.0. The number of carbonyl (C=O) groups excluding carboxylic acids is 1. The third kappa shape index (κ3) is 4.89. The smallest absolute Gasteiger partial charge is 0.275 e. The van der Waals surface area contributed by atoms with E-state index in [-0.39, 0.29) is 23.1 Å². The number of anilines is 4. The maximum Gasteiger partial charge on any atom is 0.275 e. The summed E-state index contributed by atoms with van der Waals surface area (Å²) in [5.74, 6) is 1.11. The molecule has 3 aromatic rings. The van der Waals surface area contributed by atoms with Crippen LogP contribution in [0.5, 0.6) is 0 Å². The van der Waals surface area contributed by atoms with E-state index in [1.165, 1.54) is 10.7 Å². The summed E-state index contributed by atoms with van der Waals surface area (Å²) in [5, 5.41) is 24.0. The van der Waals surface area contributed by atoms with Crippen LogP contribution >= 0.6 is 11.6 Å². The van der Waals surface area contributed by atoms with E-state index in [1.54, 1.807) is 13.1 Å². The van der Waals surface area contributed by atoms with Gasteiger partial charge in [0, 0.05) is 39.3 Å². The van der Waals surface area contributed by atoms with Crippen molar-refractivity contribution < 1.29 is 4.79 Å². The molecule has 4 heterocycles. The number of likely N-dealkylation sites (N-methyl/N-ethyl adjacent to an activating group) is 1. The summed E-state index contributed by atoms with van der Waals surface area (Å²) in [7, 11) is 1.66. The number of rotatable bonds is 7. The maximum atomic E-state index is 11.7. The maximum absolute atomic E-state index is 11.7. The van der Waals surface area contributed by atoms with Gasteiger partial charge in [-0.2, -0.15) is 10.2 Å². The van der Waals surface area contributed by atoms with Gasteiger partial charge < -0.3 is 25.7 Å². The molecule has 1 aliphatic carbocycles. The number of halogens is 1. The van der Waals surface area contributed by atoms with Crippen LogP contribution in [0.3, 0.4) is 0 Å². The number of hydrogen-bond acceptors (Lipinski definition) is 9. The predicted molar refractivity (Wildman–Crippen MR) is 148 cm³/mol. The van der Waals surface area contributed by atoms with Crippen LogP contribution in [0.2, 0.25) is 5.02 Å². The van der Waals surface area contributed by atoms with Gasteiger partial charge in [-0.25, -0.2) is 4.98 Å². The van der Waals surface area contributed by atoms with Gasteiger partial charge in [0.15, 0.2) is 5.82 Å². The number of nitrogens with zero attached hydrogens (tertiary/aromatic N) is 8. The number of nitriles is 1. The summed E-state index contributed by atoms with van der Waals surface area (Å²) >= 11 is 6.92. The van der Waals surface area contributed by atoms with Gasteiger partial charge >= 0.3 is 0 Å². The Kier molecular flexibility index (Phi) is 6.37. The highest BCUT2D eigenvalue weighted by atomic mass is 35.5. The van der Waals surface area contributed by atoms with Gasteiger partial charge in [-0.3, -0.25) is 9.69 Å². The molecule has 3 aliphatic rings. The topological polar surface area (TPSA) is 131 Å². The largest absolute Gasteiger partial charge is 0.370 e. The quantitative estimate of drug-likeness (QED) is 0.383. The average Bonchev–Trinajstić information content (AvgIpc) is 3.65. The number of fused-ring (bicyclic) bond motifs is 1. The molecule has 0 radical (unpaired) electrons. The first-order chi connectivity index (χ1) is 18.9. The Morgan fingerprint density at radius 3 is 2.74 bits per heavy atom. The minimum Gasteiger partial charge on any atom is -0.370 e. The molecule has 2 aromatic heterocycles. The van der Waals surface area contributed by atoms with Crippen LogP contribution in [0.15, 0.2) is 18.3 Å². The highest BCUT2D eigenvalue weighted by Gasteiger charge is 2.45. The van der Waals surface area contributed by atoms with E-state index < -0.39 is 0 Å². The van der Waals surface area contributed by atoms with Gasteiger partial charge in [-0.15, -0.1) is 4.52 Å². The second kappa shape index (κ2) is 9.88. The zero-order valence-corrected chi connectivity index (χ0v) is 22.3. The molecule has 39 heavy (non-hydrogen) atoms. The van der Waals surface area contributed by atoms with Crippen LogP contribution in [0.25, 0.3) is 10.5 Å². The van der Waals surface area contributed by atoms with Crippen molar-refractivity contribution in [2.75, 3.05) is 55.3 Å². The SMILES string of the molecule is [C-]#[N+]c1cnc2c(NC3CC3)nc(Nc3cc(C#N)cc(N4CCC5(CC4)CN(CC(=O)NC)C5)c3Cl)nn12. The molecule has 3 fully saturated rings. The summed E-state index contributed by atoms with van der Waals surface area (Å²) in [6.07, 6.45) is 5.56. The van der Waals surface area contributed by atoms with Crippen LogP contribution in [0, 0.1) is 23.3 Å². The lowest BCUT2D eigenvalue weighted by molar-refractivity contribution is -0.125. The van der Waals surface area contributed by atoms with E-state index in [2.05, 4.69) is 51.7 Å². The highest BCUT2D eigenvalue weighted by Crippen LogP contribution is 2.44. The van der Waals surface area contributed by atoms with Gasteiger partial charge in [0.25, 0.3) is 17.4 Å². The second-order valence-corrected chi connectivity index (χ2v) is 10.9. The third-order valence-corrected chi connectivity index (χ3v) is 8.13. The molecule has 3 N–H and O–H groups in total. The Labute approximate surface area is 230 Å². The molecular weight excluding hydrogens is 518 g/mol. The van der Waals surface area contributed by atoms with Crippen LogP contribution < -0.4 is 20.9 Å². The molecule has 0 bridgehead atoms. The fourth-order valence-corrected chi connectivity index (χ4v) is 5.74. The Morgan fingerprint density at radius 2 is 2.08 bits per heavy atom. The molecular formula is C26H28ClN11O. The average molecular weight is 546 g/mol. The minimum absolute atomic E-state index is 0.0411. The van der Waals surface area contributed by atoms with Gasteiger partial charge in [0.1, 0.15) is 0 Å². The summed E-state index contributed by atoms with van der Waals surface area (Å²) < 4.78 is 1.46. The van der Waals surface area contributed by atoms with Crippen LogP contribution in [-0.4, -0.2) is 76.2 Å². The lowest BCUT2D eigenvalue weighted by Crippen LogP contribution is -2.61. The van der Waals surface area contributed by atoms with Gasteiger partial charge in [0.05, 0.1) is 40.8 Å². The van der Waals surface area contributed by atoms with Crippen molar-refractivity contribution in [3.05, 3.63) is 40.3 Å². The van der Waals surface area contributed by atoms with Crippen molar-refractivity contribution in [1.82, 2.24) is 29.8 Å². The highest BCUT2D eigenvalue weighted by molar-refractivity contribution is 6.36. The standard InChI is InChI=1S/C26H28ClN11O/c1-29-20-12-31-24-23(32-17-3-4-17)34-25(35-38(20)24)33-18-9-16(11-28)10-19(22(18)27)37-7-5-26(6-8-37)14-36(15-26)13-21(39)30-2/h9-10,12,17H,3-8,13-15H2,2H3,(H,30,39)(H2,32,33,34,35). The number of hydrogen-bond donors (Lipinski definition) is 3. The Balaban J connectivity index is 1.23. The van der Waals surface area contributed by atoms with Crippen LogP contribution in [0.4, 0.5) is 29.0 Å². The molecule has 0 atom stereocenters. The van der Waals surface area contributed by atoms with Crippen molar-refractivity contribution in [2.24, 2.45) is 5.41 Å². The molecule has 12 nitrogen and oxygen atoms in total. The van der Waals surface area contributed by atoms with E-state index in [9.17, 15) is 10.1 Å². The first kappa shape index (κ1) is 25.2. The van der Waals surface area contributed by atoms with E-state index >= 15 is 0 Å². The number of piperidine rings is 1. The van der Waals surface area contributed by atoms with Gasteiger partial charge in [0.2, 0.25) is 5.91 Å². The fraction of sp³-hybridized carbons (Fsp3) is 0.462. The normalized spacial score (nSPS) is 18.3. The van der Waals surface area contributed by atoms with Gasteiger partial charge in [-0.05, 0) is 43.2 Å². The van der Waals surface area contributed by atoms with Crippen LogP contribution in [-0.2, 0) is 4.79 Å². The Morgan fingerprint density at radius 1 is 1.31 bits per heavy atom. The summed E-state index contributed by atoms with van der Waals surface area (Å²) in [6.45, 7) is 11.4. The summed E-state index contributed by atoms with van der Waals surface area (Å²) in [6, 6.07) is 6.08. The van der Waals surface area contributed by atoms with Gasteiger partial charge in [-0.1, -0.05) is 23.3 Å². The number of benzene rings is 1. The molecule has 1 aromatic carbocycles. The first-order valence-corrected chi connectivity index (χ1v) is 13.4. The molecule has 6 rings (SSSR count). The third-order valence-electron chi connectivity index (χ3n) is 7.73. The van der Waals surface area contributed by atoms with E-state index in [1.807, 2.05) is 6.07 Å².